The standard InChI is InChI=1S/C15H27N3S/c1-3-7-14-8-5-6-9-18(14)11-13-12-19-15(17-13)10-16-4-2/h12,14,16H,3-11H2,1-2H3. The van der Waals surface area contributed by atoms with Crippen molar-refractivity contribution in [2.45, 2.75) is 65.1 Å². The van der Waals surface area contributed by atoms with Crippen molar-refractivity contribution < 1.29 is 0 Å². The Morgan fingerprint density at radius 2 is 2.32 bits per heavy atom. The van der Waals surface area contributed by atoms with E-state index >= 15 is 0 Å². The number of aromatic nitrogens is 1. The first kappa shape index (κ1) is 14.9. The summed E-state index contributed by atoms with van der Waals surface area (Å²) in [6.45, 7) is 8.67. The molecule has 0 aliphatic carbocycles. The van der Waals surface area contributed by atoms with Crippen LogP contribution in [0.3, 0.4) is 0 Å². The van der Waals surface area contributed by atoms with Gasteiger partial charge in [-0.2, -0.15) is 0 Å². The monoisotopic (exact) mass is 281 g/mol. The molecule has 2 rings (SSSR count). The first-order valence-corrected chi connectivity index (χ1v) is 8.59. The lowest BCUT2D eigenvalue weighted by molar-refractivity contribution is 0.130. The van der Waals surface area contributed by atoms with Gasteiger partial charge in [0.25, 0.3) is 0 Å². The number of thiazole rings is 1. The van der Waals surface area contributed by atoms with Crippen molar-refractivity contribution in [1.82, 2.24) is 15.2 Å². The summed E-state index contributed by atoms with van der Waals surface area (Å²) in [6.07, 6.45) is 6.78. The molecule has 0 saturated carbocycles. The van der Waals surface area contributed by atoms with Crippen molar-refractivity contribution in [3.8, 4) is 0 Å². The van der Waals surface area contributed by atoms with E-state index in [-0.39, 0.29) is 0 Å². The van der Waals surface area contributed by atoms with Gasteiger partial charge in [-0.1, -0.05) is 26.7 Å². The van der Waals surface area contributed by atoms with Gasteiger partial charge in [0.2, 0.25) is 0 Å². The van der Waals surface area contributed by atoms with Crippen molar-refractivity contribution in [1.29, 1.82) is 0 Å². The van der Waals surface area contributed by atoms with E-state index in [9.17, 15) is 0 Å². The molecule has 1 aliphatic rings. The van der Waals surface area contributed by atoms with Crippen LogP contribution in [-0.2, 0) is 13.1 Å². The summed E-state index contributed by atoms with van der Waals surface area (Å²) < 4.78 is 0. The third kappa shape index (κ3) is 4.55. The predicted octanol–water partition coefficient (Wildman–Crippen LogP) is 3.41. The highest BCUT2D eigenvalue weighted by Gasteiger charge is 2.22. The SMILES string of the molecule is CCCC1CCCCN1Cc1csc(CNCC)n1. The molecule has 0 amide bonds. The normalized spacial score (nSPS) is 20.8. The maximum absolute atomic E-state index is 4.75. The molecule has 1 aliphatic heterocycles. The second kappa shape index (κ2) is 7.98. The predicted molar refractivity (Wildman–Crippen MR) is 82.5 cm³/mol. The first-order valence-electron chi connectivity index (χ1n) is 7.71. The van der Waals surface area contributed by atoms with Gasteiger partial charge in [0.1, 0.15) is 5.01 Å². The molecule has 19 heavy (non-hydrogen) atoms. The molecule has 1 atom stereocenters. The van der Waals surface area contributed by atoms with Gasteiger partial charge in [0, 0.05) is 24.5 Å². The fourth-order valence-corrected chi connectivity index (χ4v) is 3.63. The van der Waals surface area contributed by atoms with E-state index in [2.05, 4.69) is 29.4 Å². The number of rotatable bonds is 7. The molecule has 0 radical (unpaired) electrons. The summed E-state index contributed by atoms with van der Waals surface area (Å²) in [4.78, 5) is 7.40. The Kier molecular flexibility index (Phi) is 6.28. The smallest absolute Gasteiger partial charge is 0.107 e. The second-order valence-electron chi connectivity index (χ2n) is 5.42. The summed E-state index contributed by atoms with van der Waals surface area (Å²) in [5.41, 5.74) is 1.26. The lowest BCUT2D eigenvalue weighted by Gasteiger charge is -2.35. The van der Waals surface area contributed by atoms with E-state index in [0.29, 0.717) is 0 Å². The molecular formula is C15H27N3S. The largest absolute Gasteiger partial charge is 0.311 e. The van der Waals surface area contributed by atoms with Crippen molar-refractivity contribution in [2.75, 3.05) is 13.1 Å². The van der Waals surface area contributed by atoms with E-state index in [4.69, 9.17) is 4.98 Å². The van der Waals surface area contributed by atoms with Crippen molar-refractivity contribution in [3.63, 3.8) is 0 Å². The van der Waals surface area contributed by atoms with Gasteiger partial charge in [-0.25, -0.2) is 4.98 Å². The van der Waals surface area contributed by atoms with Crippen molar-refractivity contribution in [3.05, 3.63) is 16.1 Å². The summed E-state index contributed by atoms with van der Waals surface area (Å²) in [5, 5.41) is 6.81. The molecule has 1 aromatic rings. The number of hydrogen-bond acceptors (Lipinski definition) is 4. The number of nitrogens with one attached hydrogen (secondary N) is 1. The third-order valence-electron chi connectivity index (χ3n) is 3.86. The summed E-state index contributed by atoms with van der Waals surface area (Å²) >= 11 is 1.79. The minimum absolute atomic E-state index is 0.790. The van der Waals surface area contributed by atoms with Crippen LogP contribution in [-0.4, -0.2) is 29.0 Å². The quantitative estimate of drug-likeness (QED) is 0.830. The van der Waals surface area contributed by atoms with Crippen LogP contribution in [0.15, 0.2) is 5.38 Å². The Bertz CT molecular complexity index is 362. The molecule has 1 aromatic heterocycles. The molecule has 4 heteroatoms. The summed E-state index contributed by atoms with van der Waals surface area (Å²) in [5.74, 6) is 0. The lowest BCUT2D eigenvalue weighted by Crippen LogP contribution is -2.38. The van der Waals surface area contributed by atoms with Gasteiger partial charge in [0.05, 0.1) is 5.69 Å². The van der Waals surface area contributed by atoms with Crippen molar-refractivity contribution >= 4 is 11.3 Å². The van der Waals surface area contributed by atoms with Gasteiger partial charge >= 0.3 is 0 Å². The van der Waals surface area contributed by atoms with Gasteiger partial charge in [-0.05, 0) is 32.4 Å². The highest BCUT2D eigenvalue weighted by Crippen LogP contribution is 2.23. The lowest BCUT2D eigenvalue weighted by atomic mass is 9.98. The minimum atomic E-state index is 0.790. The molecule has 1 N–H and O–H groups in total. The summed E-state index contributed by atoms with van der Waals surface area (Å²) in [6, 6.07) is 0.790. The Hall–Kier alpha value is -0.450. The molecule has 3 nitrogen and oxygen atoms in total. The minimum Gasteiger partial charge on any atom is -0.311 e. The van der Waals surface area contributed by atoms with E-state index < -0.39 is 0 Å². The van der Waals surface area contributed by atoms with E-state index in [1.807, 2.05) is 0 Å². The fraction of sp³-hybridized carbons (Fsp3) is 0.800. The van der Waals surface area contributed by atoms with E-state index in [0.717, 1.165) is 25.7 Å². The average Bonchev–Trinajstić information content (AvgIpc) is 2.87. The molecule has 2 heterocycles. The van der Waals surface area contributed by atoms with Gasteiger partial charge in [-0.15, -0.1) is 11.3 Å². The zero-order valence-corrected chi connectivity index (χ0v) is 13.1. The molecule has 1 unspecified atom stereocenters. The average molecular weight is 281 g/mol. The van der Waals surface area contributed by atoms with Crippen LogP contribution in [0.5, 0.6) is 0 Å². The molecular weight excluding hydrogens is 254 g/mol. The molecule has 0 bridgehead atoms. The van der Waals surface area contributed by atoms with Crippen LogP contribution < -0.4 is 5.32 Å². The zero-order chi connectivity index (χ0) is 13.5. The molecule has 0 spiro atoms. The Labute approximate surface area is 121 Å². The maximum Gasteiger partial charge on any atom is 0.107 e. The van der Waals surface area contributed by atoms with Crippen LogP contribution in [0.4, 0.5) is 0 Å². The number of likely N-dealkylation sites (tertiary alicyclic amines) is 1. The highest BCUT2D eigenvalue weighted by molar-refractivity contribution is 7.09. The first-order chi connectivity index (χ1) is 9.33. The number of piperidine rings is 1. The van der Waals surface area contributed by atoms with Crippen LogP contribution >= 0.6 is 11.3 Å². The fourth-order valence-electron chi connectivity index (χ4n) is 2.87. The van der Waals surface area contributed by atoms with E-state index in [1.54, 1.807) is 11.3 Å². The van der Waals surface area contributed by atoms with Crippen LogP contribution in [0, 0.1) is 0 Å². The second-order valence-corrected chi connectivity index (χ2v) is 6.36. The Balaban J connectivity index is 1.89. The maximum atomic E-state index is 4.75. The summed E-state index contributed by atoms with van der Waals surface area (Å²) in [7, 11) is 0. The van der Waals surface area contributed by atoms with Crippen LogP contribution in [0.2, 0.25) is 0 Å². The van der Waals surface area contributed by atoms with Crippen LogP contribution in [0.1, 0.15) is 56.7 Å². The number of nitrogens with zero attached hydrogens (tertiary/aromatic N) is 2. The molecule has 108 valence electrons. The highest BCUT2D eigenvalue weighted by atomic mass is 32.1. The molecule has 1 saturated heterocycles. The number of hydrogen-bond donors (Lipinski definition) is 1. The topological polar surface area (TPSA) is 28.2 Å². The van der Waals surface area contributed by atoms with Gasteiger partial charge < -0.3 is 5.32 Å². The zero-order valence-electron chi connectivity index (χ0n) is 12.3. The molecule has 0 aromatic carbocycles. The Morgan fingerprint density at radius 3 is 3.11 bits per heavy atom. The Morgan fingerprint density at radius 1 is 1.42 bits per heavy atom. The molecule has 1 fully saturated rings. The van der Waals surface area contributed by atoms with E-state index in [1.165, 1.54) is 49.4 Å². The van der Waals surface area contributed by atoms with Crippen molar-refractivity contribution in [2.24, 2.45) is 0 Å². The van der Waals surface area contributed by atoms with Gasteiger partial charge in [0.15, 0.2) is 0 Å². The third-order valence-corrected chi connectivity index (χ3v) is 4.76. The van der Waals surface area contributed by atoms with Gasteiger partial charge in [-0.3, -0.25) is 4.90 Å². The van der Waals surface area contributed by atoms with Crippen LogP contribution in [0.25, 0.3) is 0 Å².